The predicted octanol–water partition coefficient (Wildman–Crippen LogP) is -0.122. The van der Waals surface area contributed by atoms with Crippen LogP contribution in [0.5, 0.6) is 0 Å². The van der Waals surface area contributed by atoms with Gasteiger partial charge in [-0.2, -0.15) is 5.26 Å². The van der Waals surface area contributed by atoms with E-state index < -0.39 is 0 Å². The summed E-state index contributed by atoms with van der Waals surface area (Å²) in [4.78, 5) is 4.99. The maximum atomic E-state index is 8.62. The molecular weight excluding hydrogens is 188 g/mol. The Balaban J connectivity index is 1.70. The first-order valence-corrected chi connectivity index (χ1v) is 5.87. The maximum absolute atomic E-state index is 8.62. The maximum Gasteiger partial charge on any atom is 0.0638 e. The Morgan fingerprint density at radius 2 is 2.07 bits per heavy atom. The van der Waals surface area contributed by atoms with E-state index in [1.807, 2.05) is 0 Å². The molecule has 0 spiro atoms. The van der Waals surface area contributed by atoms with Crippen molar-refractivity contribution < 1.29 is 0 Å². The fraction of sp³-hybridized carbons (Fsp3) is 0.909. The van der Waals surface area contributed by atoms with Crippen molar-refractivity contribution in [2.75, 3.05) is 39.3 Å². The van der Waals surface area contributed by atoms with Crippen LogP contribution in [0.1, 0.15) is 13.3 Å². The van der Waals surface area contributed by atoms with E-state index in [9.17, 15) is 0 Å². The van der Waals surface area contributed by atoms with E-state index in [4.69, 9.17) is 5.26 Å². The van der Waals surface area contributed by atoms with E-state index >= 15 is 0 Å². The molecule has 0 saturated carbocycles. The Morgan fingerprint density at radius 1 is 1.40 bits per heavy atom. The van der Waals surface area contributed by atoms with Crippen LogP contribution in [-0.4, -0.2) is 61.2 Å². The zero-order valence-corrected chi connectivity index (χ0v) is 9.45. The molecule has 2 aliphatic rings. The molecule has 15 heavy (non-hydrogen) atoms. The number of hydrogen-bond donors (Lipinski definition) is 1. The van der Waals surface area contributed by atoms with Crippen LogP contribution in [-0.2, 0) is 0 Å². The molecule has 4 nitrogen and oxygen atoms in total. The molecule has 0 aromatic rings. The van der Waals surface area contributed by atoms with E-state index in [0.717, 1.165) is 32.2 Å². The molecule has 2 rings (SSSR count). The third kappa shape index (κ3) is 2.49. The lowest BCUT2D eigenvalue weighted by molar-refractivity contribution is 0.00529. The topological polar surface area (TPSA) is 42.3 Å². The lowest BCUT2D eigenvalue weighted by Crippen LogP contribution is -2.64. The summed E-state index contributed by atoms with van der Waals surface area (Å²) >= 11 is 0. The number of likely N-dealkylation sites (tertiary alicyclic amines) is 1. The number of rotatable bonds is 3. The number of nitriles is 1. The van der Waals surface area contributed by atoms with Crippen molar-refractivity contribution >= 4 is 0 Å². The minimum Gasteiger partial charge on any atom is -0.314 e. The van der Waals surface area contributed by atoms with Gasteiger partial charge in [-0.3, -0.25) is 9.80 Å². The average Bonchev–Trinajstić information content (AvgIpc) is 2.17. The van der Waals surface area contributed by atoms with Gasteiger partial charge in [0, 0.05) is 51.4 Å². The van der Waals surface area contributed by atoms with Gasteiger partial charge in [0.1, 0.15) is 0 Å². The van der Waals surface area contributed by atoms with Gasteiger partial charge in [0.2, 0.25) is 0 Å². The van der Waals surface area contributed by atoms with Gasteiger partial charge in [-0.1, -0.05) is 0 Å². The molecule has 84 valence electrons. The average molecular weight is 208 g/mol. The molecule has 2 saturated heterocycles. The highest BCUT2D eigenvalue weighted by molar-refractivity contribution is 4.94. The smallest absolute Gasteiger partial charge is 0.0638 e. The van der Waals surface area contributed by atoms with Crippen LogP contribution in [0.25, 0.3) is 0 Å². The second-order valence-electron chi connectivity index (χ2n) is 4.60. The summed E-state index contributed by atoms with van der Waals surface area (Å²) in [6.07, 6.45) is 0.661. The Morgan fingerprint density at radius 3 is 2.67 bits per heavy atom. The summed E-state index contributed by atoms with van der Waals surface area (Å²) in [5, 5.41) is 12.0. The fourth-order valence-corrected chi connectivity index (χ4v) is 2.39. The monoisotopic (exact) mass is 208 g/mol. The third-order valence-electron chi connectivity index (χ3n) is 3.57. The van der Waals surface area contributed by atoms with E-state index in [1.165, 1.54) is 13.1 Å². The molecular formula is C11H20N4. The number of hydrogen-bond acceptors (Lipinski definition) is 4. The summed E-state index contributed by atoms with van der Waals surface area (Å²) in [7, 11) is 0. The second kappa shape index (κ2) is 4.93. The fourth-order valence-electron chi connectivity index (χ4n) is 2.39. The molecule has 0 amide bonds. The van der Waals surface area contributed by atoms with Gasteiger partial charge in [0.15, 0.2) is 0 Å². The van der Waals surface area contributed by atoms with Crippen molar-refractivity contribution in [2.24, 2.45) is 0 Å². The van der Waals surface area contributed by atoms with Crippen LogP contribution in [0, 0.1) is 11.3 Å². The highest BCUT2D eigenvalue weighted by atomic mass is 15.3. The van der Waals surface area contributed by atoms with Gasteiger partial charge < -0.3 is 5.32 Å². The van der Waals surface area contributed by atoms with Gasteiger partial charge in [-0.15, -0.1) is 0 Å². The summed E-state index contributed by atoms with van der Waals surface area (Å²) in [6.45, 7) is 9.09. The quantitative estimate of drug-likeness (QED) is 0.702. The first-order chi connectivity index (χ1) is 7.31. The van der Waals surface area contributed by atoms with E-state index in [2.05, 4.69) is 28.1 Å². The Bertz CT molecular complexity index is 235. The first kappa shape index (κ1) is 10.9. The van der Waals surface area contributed by atoms with Crippen molar-refractivity contribution in [3.63, 3.8) is 0 Å². The predicted molar refractivity (Wildman–Crippen MR) is 59.5 cm³/mol. The molecule has 0 radical (unpaired) electrons. The highest BCUT2D eigenvalue weighted by Gasteiger charge is 2.34. The summed E-state index contributed by atoms with van der Waals surface area (Å²) < 4.78 is 0. The minimum atomic E-state index is 0.439. The highest BCUT2D eigenvalue weighted by Crippen LogP contribution is 2.19. The Labute approximate surface area is 91.8 Å². The zero-order valence-electron chi connectivity index (χ0n) is 9.45. The molecule has 0 bridgehead atoms. The summed E-state index contributed by atoms with van der Waals surface area (Å²) in [6, 6.07) is 3.43. The lowest BCUT2D eigenvalue weighted by atomic mass is 10.0. The summed E-state index contributed by atoms with van der Waals surface area (Å²) in [5.74, 6) is 0. The minimum absolute atomic E-state index is 0.439. The van der Waals surface area contributed by atoms with Crippen LogP contribution in [0.2, 0.25) is 0 Å². The molecule has 2 heterocycles. The number of piperazine rings is 1. The van der Waals surface area contributed by atoms with Crippen molar-refractivity contribution in [2.45, 2.75) is 25.4 Å². The molecule has 0 aromatic heterocycles. The zero-order chi connectivity index (χ0) is 10.7. The van der Waals surface area contributed by atoms with E-state index in [0.29, 0.717) is 12.5 Å². The second-order valence-corrected chi connectivity index (χ2v) is 4.60. The molecule has 4 heteroatoms. The number of nitrogens with zero attached hydrogens (tertiary/aromatic N) is 3. The molecule has 1 atom stereocenters. The van der Waals surface area contributed by atoms with Crippen LogP contribution < -0.4 is 5.32 Å². The van der Waals surface area contributed by atoms with Crippen molar-refractivity contribution in [3.8, 4) is 6.07 Å². The van der Waals surface area contributed by atoms with E-state index in [-0.39, 0.29) is 0 Å². The summed E-state index contributed by atoms with van der Waals surface area (Å²) in [5.41, 5.74) is 0. The Hall–Kier alpha value is -0.630. The standard InChI is InChI=1S/C11H20N4/c1-10(2-3-12)15-8-11(9-15)14-6-4-13-5-7-14/h10-11,13H,2,4-9H2,1H3. The molecule has 1 unspecified atom stereocenters. The first-order valence-electron chi connectivity index (χ1n) is 5.87. The van der Waals surface area contributed by atoms with Gasteiger partial charge in [0.25, 0.3) is 0 Å². The van der Waals surface area contributed by atoms with Crippen molar-refractivity contribution in [1.29, 1.82) is 5.26 Å². The lowest BCUT2D eigenvalue weighted by Gasteiger charge is -2.48. The normalized spacial score (nSPS) is 26.9. The van der Waals surface area contributed by atoms with Gasteiger partial charge in [-0.25, -0.2) is 0 Å². The van der Waals surface area contributed by atoms with Gasteiger partial charge >= 0.3 is 0 Å². The van der Waals surface area contributed by atoms with Crippen LogP contribution in [0.15, 0.2) is 0 Å². The van der Waals surface area contributed by atoms with Gasteiger partial charge in [0.05, 0.1) is 12.5 Å². The van der Waals surface area contributed by atoms with Crippen LogP contribution in [0.4, 0.5) is 0 Å². The molecule has 0 aliphatic carbocycles. The largest absolute Gasteiger partial charge is 0.314 e. The Kier molecular flexibility index (Phi) is 3.57. The number of nitrogens with one attached hydrogen (secondary N) is 1. The molecule has 0 aromatic carbocycles. The molecule has 1 N–H and O–H groups in total. The molecule has 2 aliphatic heterocycles. The van der Waals surface area contributed by atoms with E-state index in [1.54, 1.807) is 0 Å². The van der Waals surface area contributed by atoms with Crippen LogP contribution >= 0.6 is 0 Å². The SMILES string of the molecule is CC(CC#N)N1CC(N2CCNCC2)C1. The van der Waals surface area contributed by atoms with Crippen molar-refractivity contribution in [1.82, 2.24) is 15.1 Å². The van der Waals surface area contributed by atoms with Crippen LogP contribution in [0.3, 0.4) is 0 Å². The van der Waals surface area contributed by atoms with Crippen molar-refractivity contribution in [3.05, 3.63) is 0 Å². The van der Waals surface area contributed by atoms with Gasteiger partial charge in [-0.05, 0) is 6.92 Å². The molecule has 2 fully saturated rings. The third-order valence-corrected chi connectivity index (χ3v) is 3.57.